The quantitative estimate of drug-likeness (QED) is 0.601. The molecule has 170 valence electrons. The molecule has 0 unspecified atom stereocenters. The van der Waals surface area contributed by atoms with Crippen LogP contribution in [0.3, 0.4) is 0 Å². The van der Waals surface area contributed by atoms with Crippen LogP contribution in [0.4, 0.5) is 5.82 Å². The number of anilines is 1. The molecule has 0 spiro atoms. The lowest BCUT2D eigenvalue weighted by Crippen LogP contribution is -2.42. The van der Waals surface area contributed by atoms with Crippen molar-refractivity contribution in [3.8, 4) is 5.75 Å². The van der Waals surface area contributed by atoms with Gasteiger partial charge in [0.2, 0.25) is 5.91 Å². The molecule has 7 heteroatoms. The Balaban J connectivity index is 2.06. The van der Waals surface area contributed by atoms with Gasteiger partial charge in [0, 0.05) is 30.1 Å². The normalized spacial score (nSPS) is 11.5. The Morgan fingerprint density at radius 1 is 1.19 bits per heavy atom. The molecule has 0 saturated carbocycles. The number of hydrogen-bond donors (Lipinski definition) is 1. The Bertz CT molecular complexity index is 879. The predicted molar refractivity (Wildman–Crippen MR) is 124 cm³/mol. The van der Waals surface area contributed by atoms with Gasteiger partial charge >= 0.3 is 0 Å². The molecule has 0 atom stereocenters. The minimum absolute atomic E-state index is 0.0404. The highest BCUT2D eigenvalue weighted by Gasteiger charge is 2.23. The van der Waals surface area contributed by atoms with Crippen molar-refractivity contribution in [1.29, 1.82) is 0 Å². The topological polar surface area (TPSA) is 76.5 Å². The van der Waals surface area contributed by atoms with Gasteiger partial charge in [-0.2, -0.15) is 5.10 Å². The number of benzene rings is 1. The number of unbranched alkanes of at least 4 members (excludes halogenated alkanes) is 1. The highest BCUT2D eigenvalue weighted by molar-refractivity contribution is 5.99. The molecule has 0 aliphatic rings. The van der Waals surface area contributed by atoms with E-state index in [1.165, 1.54) is 0 Å². The molecule has 0 saturated heterocycles. The van der Waals surface area contributed by atoms with Crippen LogP contribution < -0.4 is 10.1 Å². The molecule has 2 aromatic rings. The molecule has 2 amide bonds. The maximum atomic E-state index is 13.0. The molecule has 0 bridgehead atoms. The average Bonchev–Trinajstić information content (AvgIpc) is 3.07. The van der Waals surface area contributed by atoms with Crippen LogP contribution in [0.2, 0.25) is 0 Å². The SMILES string of the molecule is CCCCOc1ccc(C(=O)N(CC(=O)Nc2cc(C(C)(C)C)nn2C)C(C)C)cc1. The molecule has 2 rings (SSSR count). The molecule has 0 aliphatic heterocycles. The van der Waals surface area contributed by atoms with Crippen molar-refractivity contribution >= 4 is 17.6 Å². The van der Waals surface area contributed by atoms with Gasteiger partial charge < -0.3 is 15.0 Å². The van der Waals surface area contributed by atoms with Crippen LogP contribution in [0.1, 0.15) is 70.4 Å². The third-order valence-electron chi connectivity index (χ3n) is 4.98. The Labute approximate surface area is 185 Å². The number of carbonyl (C=O) groups excluding carboxylic acids is 2. The summed E-state index contributed by atoms with van der Waals surface area (Å²) in [7, 11) is 1.79. The van der Waals surface area contributed by atoms with Gasteiger partial charge in [-0.25, -0.2) is 0 Å². The molecule has 1 N–H and O–H groups in total. The summed E-state index contributed by atoms with van der Waals surface area (Å²) in [4.78, 5) is 27.3. The maximum Gasteiger partial charge on any atom is 0.254 e. The Kier molecular flexibility index (Phi) is 8.25. The highest BCUT2D eigenvalue weighted by atomic mass is 16.5. The van der Waals surface area contributed by atoms with Gasteiger partial charge in [-0.15, -0.1) is 0 Å². The van der Waals surface area contributed by atoms with Gasteiger partial charge in [0.25, 0.3) is 5.91 Å². The van der Waals surface area contributed by atoms with E-state index in [1.54, 1.807) is 40.9 Å². The van der Waals surface area contributed by atoms with E-state index in [4.69, 9.17) is 4.74 Å². The van der Waals surface area contributed by atoms with Crippen molar-refractivity contribution in [2.45, 2.75) is 65.8 Å². The second-order valence-corrected chi connectivity index (χ2v) is 9.09. The molecule has 0 fully saturated rings. The van der Waals surface area contributed by atoms with E-state index < -0.39 is 0 Å². The summed E-state index contributed by atoms with van der Waals surface area (Å²) < 4.78 is 7.31. The van der Waals surface area contributed by atoms with Crippen LogP contribution in [0.5, 0.6) is 5.75 Å². The Morgan fingerprint density at radius 3 is 2.35 bits per heavy atom. The zero-order chi connectivity index (χ0) is 23.2. The van der Waals surface area contributed by atoms with Crippen molar-refractivity contribution in [2.24, 2.45) is 7.05 Å². The average molecular weight is 429 g/mol. The minimum atomic E-state index is -0.259. The molecular weight excluding hydrogens is 392 g/mol. The number of aryl methyl sites for hydroxylation is 1. The monoisotopic (exact) mass is 428 g/mol. The van der Waals surface area contributed by atoms with Gasteiger partial charge in [-0.1, -0.05) is 34.1 Å². The summed E-state index contributed by atoms with van der Waals surface area (Å²) in [5.41, 5.74) is 1.30. The predicted octanol–water partition coefficient (Wildman–Crippen LogP) is 4.39. The fourth-order valence-corrected chi connectivity index (χ4v) is 2.97. The molecule has 1 heterocycles. The summed E-state index contributed by atoms with van der Waals surface area (Å²) in [5, 5.41) is 7.36. The van der Waals surface area contributed by atoms with Gasteiger partial charge in [0.05, 0.1) is 12.3 Å². The fourth-order valence-electron chi connectivity index (χ4n) is 2.97. The molecular formula is C24H36N4O3. The fraction of sp³-hybridized carbons (Fsp3) is 0.542. The van der Waals surface area contributed by atoms with E-state index in [-0.39, 0.29) is 29.8 Å². The summed E-state index contributed by atoms with van der Waals surface area (Å²) in [6.07, 6.45) is 2.06. The third-order valence-corrected chi connectivity index (χ3v) is 4.98. The van der Waals surface area contributed by atoms with Crippen LogP contribution in [-0.2, 0) is 17.3 Å². The number of amides is 2. The number of nitrogens with zero attached hydrogens (tertiary/aromatic N) is 3. The zero-order valence-corrected chi connectivity index (χ0v) is 19.9. The first-order valence-corrected chi connectivity index (χ1v) is 10.9. The van der Waals surface area contributed by atoms with Gasteiger partial charge in [-0.05, 0) is 44.5 Å². The maximum absolute atomic E-state index is 13.0. The summed E-state index contributed by atoms with van der Waals surface area (Å²) in [6.45, 7) is 12.7. The lowest BCUT2D eigenvalue weighted by Gasteiger charge is -2.26. The second kappa shape index (κ2) is 10.5. The van der Waals surface area contributed by atoms with E-state index in [0.717, 1.165) is 24.3 Å². The molecule has 7 nitrogen and oxygen atoms in total. The van der Waals surface area contributed by atoms with Gasteiger partial charge in [0.15, 0.2) is 0 Å². The van der Waals surface area contributed by atoms with Gasteiger partial charge in [-0.3, -0.25) is 14.3 Å². The van der Waals surface area contributed by atoms with Crippen LogP contribution >= 0.6 is 0 Å². The van der Waals surface area contributed by atoms with E-state index >= 15 is 0 Å². The van der Waals surface area contributed by atoms with Crippen LogP contribution in [0.15, 0.2) is 30.3 Å². The van der Waals surface area contributed by atoms with Crippen molar-refractivity contribution in [3.63, 3.8) is 0 Å². The number of nitrogens with one attached hydrogen (secondary N) is 1. The first-order valence-electron chi connectivity index (χ1n) is 10.9. The van der Waals surface area contributed by atoms with Crippen LogP contribution in [-0.4, -0.2) is 45.7 Å². The second-order valence-electron chi connectivity index (χ2n) is 9.09. The summed E-state index contributed by atoms with van der Waals surface area (Å²) in [6, 6.07) is 8.82. The largest absolute Gasteiger partial charge is 0.494 e. The van der Waals surface area contributed by atoms with Crippen molar-refractivity contribution in [3.05, 3.63) is 41.6 Å². The van der Waals surface area contributed by atoms with E-state index in [9.17, 15) is 9.59 Å². The number of carbonyl (C=O) groups is 2. The number of rotatable bonds is 9. The van der Waals surface area contributed by atoms with Crippen LogP contribution in [0, 0.1) is 0 Å². The first kappa shape index (κ1) is 24.4. The zero-order valence-electron chi connectivity index (χ0n) is 19.9. The summed E-state index contributed by atoms with van der Waals surface area (Å²) >= 11 is 0. The lowest BCUT2D eigenvalue weighted by molar-refractivity contribution is -0.117. The Morgan fingerprint density at radius 2 is 1.84 bits per heavy atom. The minimum Gasteiger partial charge on any atom is -0.494 e. The molecule has 1 aromatic carbocycles. The molecule has 0 aliphatic carbocycles. The van der Waals surface area contributed by atoms with E-state index in [1.807, 2.05) is 19.9 Å². The molecule has 1 aromatic heterocycles. The summed E-state index contributed by atoms with van der Waals surface area (Å²) in [5.74, 6) is 0.903. The smallest absolute Gasteiger partial charge is 0.254 e. The number of aromatic nitrogens is 2. The van der Waals surface area contributed by atoms with Crippen molar-refractivity contribution in [2.75, 3.05) is 18.5 Å². The lowest BCUT2D eigenvalue weighted by atomic mass is 9.92. The number of hydrogen-bond acceptors (Lipinski definition) is 4. The van der Waals surface area contributed by atoms with E-state index in [2.05, 4.69) is 38.1 Å². The van der Waals surface area contributed by atoms with Crippen molar-refractivity contribution < 1.29 is 14.3 Å². The van der Waals surface area contributed by atoms with E-state index in [0.29, 0.717) is 18.0 Å². The number of ether oxygens (including phenoxy) is 1. The molecule has 31 heavy (non-hydrogen) atoms. The van der Waals surface area contributed by atoms with Gasteiger partial charge in [0.1, 0.15) is 18.1 Å². The Hall–Kier alpha value is -2.83. The third kappa shape index (κ3) is 6.84. The highest BCUT2D eigenvalue weighted by Crippen LogP contribution is 2.23. The van der Waals surface area contributed by atoms with Crippen molar-refractivity contribution in [1.82, 2.24) is 14.7 Å². The standard InChI is InChI=1S/C24H36N4O3/c1-8-9-14-31-19-12-10-18(11-13-19)23(30)28(17(2)3)16-22(29)25-21-15-20(24(4,5)6)26-27(21)7/h10-13,15,17H,8-9,14,16H2,1-7H3,(H,25,29). The van der Waals surface area contributed by atoms with Crippen LogP contribution in [0.25, 0.3) is 0 Å². The molecule has 0 radical (unpaired) electrons. The first-order chi connectivity index (χ1) is 14.5.